The highest BCUT2D eigenvalue weighted by Gasteiger charge is 2.46. The molecule has 1 heterocycles. The lowest BCUT2D eigenvalue weighted by atomic mass is 9.75. The maximum atomic E-state index is 12.5. The molecule has 0 bridgehead atoms. The first-order valence-corrected chi connectivity index (χ1v) is 9.20. The lowest BCUT2D eigenvalue weighted by molar-refractivity contribution is 0.0732. The molecule has 0 radical (unpaired) electrons. The van der Waals surface area contributed by atoms with E-state index in [9.17, 15) is 4.79 Å². The number of urea groups is 1. The Labute approximate surface area is 154 Å². The number of aromatic nitrogens is 4. The van der Waals surface area contributed by atoms with E-state index in [1.807, 2.05) is 7.05 Å². The van der Waals surface area contributed by atoms with E-state index in [-0.39, 0.29) is 6.03 Å². The lowest BCUT2D eigenvalue weighted by Crippen LogP contribution is -2.53. The number of nitrogens with one attached hydrogen (secondary N) is 1. The van der Waals surface area contributed by atoms with Crippen molar-refractivity contribution in [3.63, 3.8) is 0 Å². The molecular formula is C19H28N6O. The molecule has 1 fully saturated rings. The normalized spacial score (nSPS) is 22.9. The van der Waals surface area contributed by atoms with E-state index < -0.39 is 5.54 Å². The van der Waals surface area contributed by atoms with Crippen molar-refractivity contribution in [1.82, 2.24) is 30.4 Å². The minimum atomic E-state index is -0.506. The average molecular weight is 356 g/mol. The Balaban J connectivity index is 2.12. The van der Waals surface area contributed by atoms with E-state index in [1.54, 1.807) is 16.6 Å². The molecule has 3 rings (SSSR count). The van der Waals surface area contributed by atoms with E-state index in [0.29, 0.717) is 5.92 Å². The van der Waals surface area contributed by atoms with Crippen molar-refractivity contribution in [2.45, 2.75) is 52.0 Å². The summed E-state index contributed by atoms with van der Waals surface area (Å²) in [5.41, 5.74) is 2.75. The van der Waals surface area contributed by atoms with E-state index >= 15 is 0 Å². The highest BCUT2D eigenvalue weighted by atomic mass is 16.2. The van der Waals surface area contributed by atoms with Crippen molar-refractivity contribution in [3.8, 4) is 5.69 Å². The standard InChI is InChI=1S/C19H28N6O/c1-13-6-8-19(9-7-13,24(5)18(26)20-4)17-21-22-23-25(17)16-11-14(2)10-15(3)12-16/h10-13H,6-9H2,1-5H3,(H,20,26). The molecule has 1 aliphatic carbocycles. The third-order valence-corrected chi connectivity index (χ3v) is 5.60. The van der Waals surface area contributed by atoms with Gasteiger partial charge in [-0.25, -0.2) is 4.79 Å². The molecule has 7 nitrogen and oxygen atoms in total. The Morgan fingerprint density at radius 3 is 2.42 bits per heavy atom. The molecule has 0 spiro atoms. The SMILES string of the molecule is CNC(=O)N(C)C1(c2nnnn2-c2cc(C)cc(C)c2)CCC(C)CC1. The van der Waals surface area contributed by atoms with Crippen LogP contribution in [0.15, 0.2) is 18.2 Å². The number of carbonyl (C=O) groups excluding carboxylic acids is 1. The summed E-state index contributed by atoms with van der Waals surface area (Å²) in [4.78, 5) is 14.3. The molecule has 1 aromatic heterocycles. The topological polar surface area (TPSA) is 75.9 Å². The van der Waals surface area contributed by atoms with E-state index in [1.165, 1.54) is 0 Å². The van der Waals surface area contributed by atoms with Crippen molar-refractivity contribution < 1.29 is 4.79 Å². The van der Waals surface area contributed by atoms with Gasteiger partial charge in [-0.05, 0) is 79.1 Å². The molecule has 26 heavy (non-hydrogen) atoms. The van der Waals surface area contributed by atoms with Gasteiger partial charge in [0.2, 0.25) is 0 Å². The number of rotatable bonds is 3. The van der Waals surface area contributed by atoms with Gasteiger partial charge in [0.15, 0.2) is 5.82 Å². The number of tetrazole rings is 1. The van der Waals surface area contributed by atoms with E-state index in [4.69, 9.17) is 0 Å². The molecular weight excluding hydrogens is 328 g/mol. The van der Waals surface area contributed by atoms with Gasteiger partial charge in [-0.2, -0.15) is 4.68 Å². The van der Waals surface area contributed by atoms with Crippen LogP contribution in [-0.4, -0.2) is 45.2 Å². The third kappa shape index (κ3) is 3.18. The summed E-state index contributed by atoms with van der Waals surface area (Å²) in [5, 5.41) is 15.4. The van der Waals surface area contributed by atoms with Gasteiger partial charge >= 0.3 is 6.03 Å². The molecule has 1 N–H and O–H groups in total. The second-order valence-electron chi connectivity index (χ2n) is 7.59. The molecule has 0 atom stereocenters. The molecule has 0 saturated heterocycles. The molecule has 1 aliphatic rings. The minimum absolute atomic E-state index is 0.116. The third-order valence-electron chi connectivity index (χ3n) is 5.60. The largest absolute Gasteiger partial charge is 0.341 e. The van der Waals surface area contributed by atoms with E-state index in [2.05, 4.69) is 59.8 Å². The summed E-state index contributed by atoms with van der Waals surface area (Å²) >= 11 is 0. The summed E-state index contributed by atoms with van der Waals surface area (Å²) < 4.78 is 1.80. The fourth-order valence-electron chi connectivity index (χ4n) is 4.03. The van der Waals surface area contributed by atoms with Crippen LogP contribution >= 0.6 is 0 Å². The van der Waals surface area contributed by atoms with Gasteiger partial charge in [-0.1, -0.05) is 13.0 Å². The summed E-state index contributed by atoms with van der Waals surface area (Å²) in [6, 6.07) is 6.16. The molecule has 1 aromatic carbocycles. The molecule has 2 aromatic rings. The van der Waals surface area contributed by atoms with Crippen molar-refractivity contribution in [3.05, 3.63) is 35.2 Å². The van der Waals surface area contributed by atoms with Crippen LogP contribution in [0, 0.1) is 19.8 Å². The van der Waals surface area contributed by atoms with Crippen molar-refractivity contribution in [2.75, 3.05) is 14.1 Å². The Hall–Kier alpha value is -2.44. The van der Waals surface area contributed by atoms with Crippen molar-refractivity contribution in [1.29, 1.82) is 0 Å². The van der Waals surface area contributed by atoms with Gasteiger partial charge in [0.1, 0.15) is 5.54 Å². The Morgan fingerprint density at radius 1 is 1.23 bits per heavy atom. The Bertz CT molecular complexity index is 771. The number of amides is 2. The first-order valence-electron chi connectivity index (χ1n) is 9.20. The molecule has 0 unspecified atom stereocenters. The van der Waals surface area contributed by atoms with Crippen LogP contribution in [0.25, 0.3) is 5.69 Å². The fraction of sp³-hybridized carbons (Fsp3) is 0.579. The number of aryl methyl sites for hydroxylation is 2. The molecule has 0 aliphatic heterocycles. The number of carbonyl (C=O) groups is 1. The zero-order valence-electron chi connectivity index (χ0n) is 16.3. The molecule has 140 valence electrons. The highest BCUT2D eigenvalue weighted by molar-refractivity contribution is 5.74. The van der Waals surface area contributed by atoms with Crippen LogP contribution in [0.1, 0.15) is 49.6 Å². The molecule has 2 amide bonds. The Kier molecular flexibility index (Phi) is 4.98. The minimum Gasteiger partial charge on any atom is -0.341 e. The van der Waals surface area contributed by atoms with Crippen molar-refractivity contribution >= 4 is 6.03 Å². The first-order chi connectivity index (χ1) is 12.4. The molecule has 1 saturated carbocycles. The maximum Gasteiger partial charge on any atom is 0.317 e. The van der Waals surface area contributed by atoms with Gasteiger partial charge in [-0.15, -0.1) is 5.10 Å². The van der Waals surface area contributed by atoms with Crippen LogP contribution in [0.4, 0.5) is 4.79 Å². The number of nitrogens with zero attached hydrogens (tertiary/aromatic N) is 5. The van der Waals surface area contributed by atoms with Crippen LogP contribution in [-0.2, 0) is 5.54 Å². The number of hydrogen-bond acceptors (Lipinski definition) is 4. The summed E-state index contributed by atoms with van der Waals surface area (Å²) in [7, 11) is 3.50. The second kappa shape index (κ2) is 7.05. The zero-order valence-corrected chi connectivity index (χ0v) is 16.3. The van der Waals surface area contributed by atoms with Crippen LogP contribution in [0.5, 0.6) is 0 Å². The second-order valence-corrected chi connectivity index (χ2v) is 7.59. The summed E-state index contributed by atoms with van der Waals surface area (Å²) in [5.74, 6) is 1.38. The Morgan fingerprint density at radius 2 is 1.85 bits per heavy atom. The predicted molar refractivity (Wildman–Crippen MR) is 100 cm³/mol. The quantitative estimate of drug-likeness (QED) is 0.917. The zero-order chi connectivity index (χ0) is 18.9. The summed E-state index contributed by atoms with van der Waals surface area (Å²) in [6.07, 6.45) is 3.79. The number of hydrogen-bond donors (Lipinski definition) is 1. The van der Waals surface area contributed by atoms with Gasteiger partial charge in [0.05, 0.1) is 5.69 Å². The van der Waals surface area contributed by atoms with Gasteiger partial charge in [-0.3, -0.25) is 0 Å². The highest BCUT2D eigenvalue weighted by Crippen LogP contribution is 2.43. The lowest BCUT2D eigenvalue weighted by Gasteiger charge is -2.44. The van der Waals surface area contributed by atoms with E-state index in [0.717, 1.165) is 48.3 Å². The summed E-state index contributed by atoms with van der Waals surface area (Å²) in [6.45, 7) is 6.39. The van der Waals surface area contributed by atoms with Crippen molar-refractivity contribution in [2.24, 2.45) is 5.92 Å². The predicted octanol–water partition coefficient (Wildman–Crippen LogP) is 2.96. The molecule has 7 heteroatoms. The average Bonchev–Trinajstić information content (AvgIpc) is 3.11. The van der Waals surface area contributed by atoms with Gasteiger partial charge < -0.3 is 10.2 Å². The maximum absolute atomic E-state index is 12.5. The number of benzene rings is 1. The van der Waals surface area contributed by atoms with Gasteiger partial charge in [0.25, 0.3) is 0 Å². The van der Waals surface area contributed by atoms with Crippen LogP contribution in [0.3, 0.4) is 0 Å². The fourth-order valence-corrected chi connectivity index (χ4v) is 4.03. The van der Waals surface area contributed by atoms with Crippen LogP contribution in [0.2, 0.25) is 0 Å². The van der Waals surface area contributed by atoms with Gasteiger partial charge in [0, 0.05) is 14.1 Å². The van der Waals surface area contributed by atoms with Crippen LogP contribution < -0.4 is 5.32 Å². The first kappa shape index (κ1) is 18.4. The monoisotopic (exact) mass is 356 g/mol. The smallest absolute Gasteiger partial charge is 0.317 e.